The van der Waals surface area contributed by atoms with Crippen LogP contribution in [0.2, 0.25) is 5.02 Å². The molecule has 0 aromatic heterocycles. The number of hydrogen-bond donors (Lipinski definition) is 1. The fourth-order valence-electron chi connectivity index (χ4n) is 2.09. The summed E-state index contributed by atoms with van der Waals surface area (Å²) in [7, 11) is 0. The smallest absolute Gasteiger partial charge is 0.374 e. The standard InChI is InChI=1S/C16H12ClF2NO3/c17-13-7-5-11(6-8-13)10-1-3-12(4-2-10)14(20-23)9-16(18,19)15(21)22/h1-8,14H,9H2,(H,21,22). The van der Waals surface area contributed by atoms with Crippen LogP contribution in [0.25, 0.3) is 11.1 Å². The third kappa shape index (κ3) is 4.10. The molecule has 0 fully saturated rings. The molecule has 0 heterocycles. The molecule has 0 amide bonds. The molecule has 0 radical (unpaired) electrons. The summed E-state index contributed by atoms with van der Waals surface area (Å²) in [5.74, 6) is -6.28. The van der Waals surface area contributed by atoms with Crippen LogP contribution in [0, 0.1) is 4.91 Å². The minimum absolute atomic E-state index is 0.235. The zero-order chi connectivity index (χ0) is 17.0. The van der Waals surface area contributed by atoms with E-state index in [2.05, 4.69) is 5.18 Å². The van der Waals surface area contributed by atoms with Gasteiger partial charge >= 0.3 is 11.9 Å². The van der Waals surface area contributed by atoms with Gasteiger partial charge in [-0.2, -0.15) is 13.7 Å². The van der Waals surface area contributed by atoms with Crippen molar-refractivity contribution in [1.82, 2.24) is 0 Å². The Kier molecular flexibility index (Phi) is 5.05. The molecule has 1 atom stereocenters. The Morgan fingerprint density at radius 2 is 1.57 bits per heavy atom. The maximum atomic E-state index is 13.2. The van der Waals surface area contributed by atoms with E-state index >= 15 is 0 Å². The highest BCUT2D eigenvalue weighted by molar-refractivity contribution is 6.30. The molecule has 0 aliphatic heterocycles. The van der Waals surface area contributed by atoms with E-state index in [-0.39, 0.29) is 5.56 Å². The molecule has 120 valence electrons. The minimum Gasteiger partial charge on any atom is -0.477 e. The quantitative estimate of drug-likeness (QED) is 0.759. The second-order valence-corrected chi connectivity index (χ2v) is 5.40. The lowest BCUT2D eigenvalue weighted by Gasteiger charge is -2.15. The number of rotatable bonds is 6. The molecule has 1 unspecified atom stereocenters. The summed E-state index contributed by atoms with van der Waals surface area (Å²) in [6.07, 6.45) is -1.17. The predicted octanol–water partition coefficient (Wildman–Crippen LogP) is 4.92. The van der Waals surface area contributed by atoms with Crippen molar-refractivity contribution in [2.45, 2.75) is 18.4 Å². The van der Waals surface area contributed by atoms with Crippen LogP contribution in [0.15, 0.2) is 53.7 Å². The Balaban J connectivity index is 2.21. The predicted molar refractivity (Wildman–Crippen MR) is 82.6 cm³/mol. The lowest BCUT2D eigenvalue weighted by Crippen LogP contribution is -2.29. The number of carboxylic acids is 1. The molecule has 0 aliphatic rings. The summed E-state index contributed by atoms with van der Waals surface area (Å²) in [4.78, 5) is 21.3. The van der Waals surface area contributed by atoms with Crippen LogP contribution in [-0.2, 0) is 4.79 Å². The van der Waals surface area contributed by atoms with Gasteiger partial charge in [-0.3, -0.25) is 0 Å². The highest BCUT2D eigenvalue weighted by atomic mass is 35.5. The molecule has 1 N–H and O–H groups in total. The van der Waals surface area contributed by atoms with Crippen molar-refractivity contribution in [3.8, 4) is 11.1 Å². The zero-order valence-electron chi connectivity index (χ0n) is 11.7. The molecule has 7 heteroatoms. The molecule has 4 nitrogen and oxygen atoms in total. The molecule has 0 spiro atoms. The number of nitroso groups, excluding NO2 is 1. The summed E-state index contributed by atoms with van der Waals surface area (Å²) < 4.78 is 26.5. The molecular weight excluding hydrogens is 328 g/mol. The summed E-state index contributed by atoms with van der Waals surface area (Å²) in [5.41, 5.74) is 1.91. The summed E-state index contributed by atoms with van der Waals surface area (Å²) in [5, 5.41) is 11.7. The number of nitrogens with zero attached hydrogens (tertiary/aromatic N) is 1. The first-order chi connectivity index (χ1) is 10.8. The summed E-state index contributed by atoms with van der Waals surface area (Å²) >= 11 is 5.81. The average molecular weight is 340 g/mol. The molecule has 2 aromatic carbocycles. The molecule has 23 heavy (non-hydrogen) atoms. The number of alkyl halides is 2. The first kappa shape index (κ1) is 17.0. The van der Waals surface area contributed by atoms with Gasteiger partial charge in [0.25, 0.3) is 0 Å². The van der Waals surface area contributed by atoms with Gasteiger partial charge in [0, 0.05) is 5.02 Å². The first-order valence-corrected chi connectivity index (χ1v) is 7.01. The Labute approximate surface area is 135 Å². The maximum absolute atomic E-state index is 13.2. The molecule has 2 aromatic rings. The van der Waals surface area contributed by atoms with Gasteiger partial charge < -0.3 is 5.11 Å². The normalized spacial score (nSPS) is 12.7. The van der Waals surface area contributed by atoms with E-state index in [9.17, 15) is 18.5 Å². The van der Waals surface area contributed by atoms with Crippen molar-refractivity contribution in [3.05, 3.63) is 64.0 Å². The molecule has 0 saturated carbocycles. The Bertz CT molecular complexity index is 702. The van der Waals surface area contributed by atoms with E-state index in [0.717, 1.165) is 11.1 Å². The van der Waals surface area contributed by atoms with Crippen molar-refractivity contribution >= 4 is 17.6 Å². The van der Waals surface area contributed by atoms with Crippen LogP contribution < -0.4 is 0 Å². The van der Waals surface area contributed by atoms with Gasteiger partial charge in [-0.05, 0) is 28.8 Å². The number of carboxylic acid groups (broad SMARTS) is 1. The molecule has 0 aliphatic carbocycles. The monoisotopic (exact) mass is 339 g/mol. The highest BCUT2D eigenvalue weighted by Crippen LogP contribution is 2.32. The lowest BCUT2D eigenvalue weighted by molar-refractivity contribution is -0.166. The van der Waals surface area contributed by atoms with Gasteiger partial charge in [0.2, 0.25) is 0 Å². The molecule has 2 rings (SSSR count). The fourth-order valence-corrected chi connectivity index (χ4v) is 2.21. The topological polar surface area (TPSA) is 66.7 Å². The number of aliphatic carboxylic acids is 1. The SMILES string of the molecule is O=NC(CC(F)(F)C(=O)O)c1ccc(-c2ccc(Cl)cc2)cc1. The lowest BCUT2D eigenvalue weighted by atomic mass is 9.97. The van der Waals surface area contributed by atoms with Crippen LogP contribution in [-0.4, -0.2) is 17.0 Å². The van der Waals surface area contributed by atoms with Crippen molar-refractivity contribution < 1.29 is 18.7 Å². The van der Waals surface area contributed by atoms with E-state index < -0.39 is 24.4 Å². The number of halogens is 3. The number of carbonyl (C=O) groups is 1. The van der Waals surface area contributed by atoms with E-state index in [1.54, 1.807) is 36.4 Å². The van der Waals surface area contributed by atoms with Crippen molar-refractivity contribution in [3.63, 3.8) is 0 Å². The van der Waals surface area contributed by atoms with Gasteiger partial charge in [0.15, 0.2) is 0 Å². The second-order valence-electron chi connectivity index (χ2n) is 4.96. The second kappa shape index (κ2) is 6.83. The van der Waals surface area contributed by atoms with Crippen LogP contribution in [0.5, 0.6) is 0 Å². The van der Waals surface area contributed by atoms with E-state index in [4.69, 9.17) is 16.7 Å². The Morgan fingerprint density at radius 3 is 2.00 bits per heavy atom. The van der Waals surface area contributed by atoms with E-state index in [1.807, 2.05) is 0 Å². The van der Waals surface area contributed by atoms with Crippen molar-refractivity contribution in [1.29, 1.82) is 0 Å². The Hall–Kier alpha value is -2.34. The summed E-state index contributed by atoms with van der Waals surface area (Å²) in [6.45, 7) is 0. The van der Waals surface area contributed by atoms with E-state index in [1.165, 1.54) is 12.1 Å². The van der Waals surface area contributed by atoms with Gasteiger partial charge in [0.05, 0.1) is 6.42 Å². The largest absolute Gasteiger partial charge is 0.477 e. The maximum Gasteiger partial charge on any atom is 0.374 e. The van der Waals surface area contributed by atoms with Crippen LogP contribution in [0.3, 0.4) is 0 Å². The number of benzene rings is 2. The third-order valence-corrected chi connectivity index (χ3v) is 3.61. The van der Waals surface area contributed by atoms with Gasteiger partial charge in [-0.25, -0.2) is 4.79 Å². The minimum atomic E-state index is -4.01. The van der Waals surface area contributed by atoms with Crippen LogP contribution in [0.1, 0.15) is 18.0 Å². The first-order valence-electron chi connectivity index (χ1n) is 6.63. The Morgan fingerprint density at radius 1 is 1.09 bits per heavy atom. The van der Waals surface area contributed by atoms with Crippen molar-refractivity contribution in [2.24, 2.45) is 5.18 Å². The zero-order valence-corrected chi connectivity index (χ0v) is 12.5. The van der Waals surface area contributed by atoms with Crippen LogP contribution >= 0.6 is 11.6 Å². The van der Waals surface area contributed by atoms with Gasteiger partial charge in [-0.1, -0.05) is 53.2 Å². The fraction of sp³-hybridized carbons (Fsp3) is 0.188. The third-order valence-electron chi connectivity index (χ3n) is 3.36. The highest BCUT2D eigenvalue weighted by Gasteiger charge is 2.42. The molecule has 0 saturated heterocycles. The van der Waals surface area contributed by atoms with Crippen molar-refractivity contribution in [2.75, 3.05) is 0 Å². The van der Waals surface area contributed by atoms with Crippen LogP contribution in [0.4, 0.5) is 8.78 Å². The molecule has 0 bridgehead atoms. The van der Waals surface area contributed by atoms with Gasteiger partial charge in [-0.15, -0.1) is 0 Å². The summed E-state index contributed by atoms with van der Waals surface area (Å²) in [6, 6.07) is 11.9. The van der Waals surface area contributed by atoms with Gasteiger partial charge in [0.1, 0.15) is 6.04 Å². The average Bonchev–Trinajstić information content (AvgIpc) is 2.53. The molecular formula is C16H12ClF2NO3. The van der Waals surface area contributed by atoms with E-state index in [0.29, 0.717) is 5.02 Å². The number of hydrogen-bond acceptors (Lipinski definition) is 3.